The zero-order valence-electron chi connectivity index (χ0n) is 21.7. The van der Waals surface area contributed by atoms with Crippen molar-refractivity contribution < 1.29 is 23.9 Å². The van der Waals surface area contributed by atoms with Crippen LogP contribution in [0.1, 0.15) is 23.6 Å². The quantitative estimate of drug-likeness (QED) is 0.257. The molecule has 0 bridgehead atoms. The lowest BCUT2D eigenvalue weighted by molar-refractivity contribution is -0.137. The Kier molecular flexibility index (Phi) is 8.38. The Morgan fingerprint density at radius 1 is 0.921 bits per heavy atom. The van der Waals surface area contributed by atoms with E-state index in [-0.39, 0.29) is 18.1 Å². The number of methoxy groups -OCH3 is 1. The Hall–Kier alpha value is -4.65. The summed E-state index contributed by atoms with van der Waals surface area (Å²) in [6, 6.07) is 24.7. The van der Waals surface area contributed by atoms with Crippen LogP contribution in [0.3, 0.4) is 0 Å². The molecule has 0 radical (unpaired) electrons. The number of benzene rings is 3. The summed E-state index contributed by atoms with van der Waals surface area (Å²) in [4.78, 5) is 39.5. The van der Waals surface area contributed by atoms with E-state index >= 15 is 0 Å². The molecule has 0 saturated heterocycles. The molecule has 1 amide bonds. The van der Waals surface area contributed by atoms with E-state index in [1.54, 1.807) is 42.2 Å². The molecule has 1 aliphatic rings. The number of nitrogens with one attached hydrogen (secondary N) is 1. The number of anilines is 1. The molecule has 3 aromatic carbocycles. The van der Waals surface area contributed by atoms with Crippen molar-refractivity contribution in [2.24, 2.45) is 0 Å². The fourth-order valence-corrected chi connectivity index (χ4v) is 4.19. The average molecular weight is 511 g/mol. The Balaban J connectivity index is 1.43. The number of Topliss-reactive ketones (excluding diaryl/α,β-unsaturated/α-hetero) is 1. The maximum atomic E-state index is 13.3. The summed E-state index contributed by atoms with van der Waals surface area (Å²) in [7, 11) is 1.26. The van der Waals surface area contributed by atoms with E-state index in [0.717, 1.165) is 28.8 Å². The van der Waals surface area contributed by atoms with Gasteiger partial charge in [0, 0.05) is 17.9 Å². The highest BCUT2D eigenvalue weighted by molar-refractivity contribution is 6.30. The fourth-order valence-electron chi connectivity index (χ4n) is 4.19. The third-order valence-corrected chi connectivity index (χ3v) is 6.21. The first kappa shape index (κ1) is 26.4. The van der Waals surface area contributed by atoms with Gasteiger partial charge in [0.05, 0.1) is 12.8 Å². The van der Waals surface area contributed by atoms with Crippen molar-refractivity contribution >= 4 is 29.4 Å². The molecule has 0 spiro atoms. The molecule has 194 valence electrons. The molecule has 1 heterocycles. The summed E-state index contributed by atoms with van der Waals surface area (Å²) in [5.74, 6) is -0.737. The third-order valence-electron chi connectivity index (χ3n) is 6.21. The molecule has 0 atom stereocenters. The monoisotopic (exact) mass is 510 g/mol. The lowest BCUT2D eigenvalue weighted by Gasteiger charge is -2.21. The highest BCUT2D eigenvalue weighted by atomic mass is 16.5. The van der Waals surface area contributed by atoms with Crippen LogP contribution in [-0.4, -0.2) is 37.9 Å². The van der Waals surface area contributed by atoms with E-state index in [4.69, 9.17) is 9.47 Å². The molecule has 7 heteroatoms. The van der Waals surface area contributed by atoms with Crippen molar-refractivity contribution in [1.82, 2.24) is 5.32 Å². The normalized spacial score (nSPS) is 14.1. The summed E-state index contributed by atoms with van der Waals surface area (Å²) in [6.07, 6.45) is 2.47. The van der Waals surface area contributed by atoms with Crippen LogP contribution in [0.5, 0.6) is 5.75 Å². The van der Waals surface area contributed by atoms with E-state index in [0.29, 0.717) is 23.7 Å². The molecule has 4 rings (SSSR count). The second-order valence-corrected chi connectivity index (χ2v) is 8.92. The fraction of sp³-hybridized carbons (Fsp3) is 0.194. The van der Waals surface area contributed by atoms with Crippen LogP contribution < -0.4 is 15.0 Å². The van der Waals surface area contributed by atoms with Crippen molar-refractivity contribution in [2.75, 3.05) is 25.2 Å². The van der Waals surface area contributed by atoms with Gasteiger partial charge in [0.15, 0.2) is 6.61 Å². The minimum absolute atomic E-state index is 0.0116. The van der Waals surface area contributed by atoms with Gasteiger partial charge in [-0.3, -0.25) is 9.59 Å². The lowest BCUT2D eigenvalue weighted by atomic mass is 10.1. The van der Waals surface area contributed by atoms with Crippen LogP contribution in [0, 0.1) is 6.92 Å². The Bertz CT molecular complexity index is 1370. The van der Waals surface area contributed by atoms with Crippen LogP contribution >= 0.6 is 0 Å². The smallest absolute Gasteiger partial charge is 0.343 e. The number of nitrogens with zero attached hydrogens (tertiary/aromatic N) is 1. The van der Waals surface area contributed by atoms with Crippen molar-refractivity contribution in [1.29, 1.82) is 0 Å². The van der Waals surface area contributed by atoms with Gasteiger partial charge in [-0.1, -0.05) is 60.2 Å². The number of carbonyl (C=O) groups is 3. The Morgan fingerprint density at radius 3 is 2.26 bits per heavy atom. The van der Waals surface area contributed by atoms with Crippen LogP contribution in [0.15, 0.2) is 95.8 Å². The molecule has 0 unspecified atom stereocenters. The largest absolute Gasteiger partial charge is 0.484 e. The number of esters is 1. The van der Waals surface area contributed by atoms with Crippen molar-refractivity contribution in [3.05, 3.63) is 113 Å². The molecule has 0 aliphatic carbocycles. The summed E-state index contributed by atoms with van der Waals surface area (Å²) >= 11 is 0. The standard InChI is InChI=1S/C31H30N2O5/c1-21-9-13-25(14-10-21)33-22(2)29(31(36)37-3)30(35)27(33)19-24-11-15-26(16-12-24)38-20-28(34)32-18-17-23-7-5-4-6-8-23/h4-16,19H,17-18,20H2,1-3H3,(H,32,34)/b27-19-. The van der Waals surface area contributed by atoms with Crippen molar-refractivity contribution in [3.63, 3.8) is 0 Å². The second-order valence-electron chi connectivity index (χ2n) is 8.92. The first-order valence-corrected chi connectivity index (χ1v) is 12.3. The molecule has 38 heavy (non-hydrogen) atoms. The number of rotatable bonds is 9. The van der Waals surface area contributed by atoms with Crippen LogP contribution in [-0.2, 0) is 25.5 Å². The van der Waals surface area contributed by atoms with Gasteiger partial charge in [0.2, 0.25) is 5.78 Å². The first-order chi connectivity index (χ1) is 18.4. The van der Waals surface area contributed by atoms with Crippen molar-refractivity contribution in [2.45, 2.75) is 20.3 Å². The number of ketones is 1. The van der Waals surface area contributed by atoms with E-state index < -0.39 is 11.8 Å². The summed E-state index contributed by atoms with van der Waals surface area (Å²) in [6.45, 7) is 4.15. The summed E-state index contributed by atoms with van der Waals surface area (Å²) < 4.78 is 10.5. The van der Waals surface area contributed by atoms with Crippen molar-refractivity contribution in [3.8, 4) is 5.75 Å². The van der Waals surface area contributed by atoms with Gasteiger partial charge in [0.1, 0.15) is 11.3 Å². The number of amides is 1. The Morgan fingerprint density at radius 2 is 1.61 bits per heavy atom. The lowest BCUT2D eigenvalue weighted by Crippen LogP contribution is -2.30. The number of aryl methyl sites for hydroxylation is 1. The minimum Gasteiger partial charge on any atom is -0.484 e. The average Bonchev–Trinajstić information content (AvgIpc) is 3.17. The molecule has 3 aromatic rings. The SMILES string of the molecule is COC(=O)C1=C(C)N(c2ccc(C)cc2)/C(=C\c2ccc(OCC(=O)NCCc3ccccc3)cc2)C1=O. The number of allylic oxidation sites excluding steroid dienone is 2. The maximum absolute atomic E-state index is 13.3. The predicted molar refractivity (Wildman–Crippen MR) is 146 cm³/mol. The summed E-state index contributed by atoms with van der Waals surface area (Å²) in [5, 5.41) is 2.85. The number of hydrogen-bond acceptors (Lipinski definition) is 6. The van der Waals surface area contributed by atoms with E-state index in [1.165, 1.54) is 7.11 Å². The van der Waals surface area contributed by atoms with E-state index in [1.807, 2.05) is 61.5 Å². The number of hydrogen-bond donors (Lipinski definition) is 1. The maximum Gasteiger partial charge on any atom is 0.343 e. The van der Waals surface area contributed by atoms with Gasteiger partial charge in [0.25, 0.3) is 5.91 Å². The third kappa shape index (κ3) is 6.18. The van der Waals surface area contributed by atoms with Gasteiger partial charge in [-0.05, 0) is 61.7 Å². The van der Waals surface area contributed by atoms with Gasteiger partial charge in [-0.15, -0.1) is 0 Å². The molecule has 0 aromatic heterocycles. The van der Waals surface area contributed by atoms with Crippen LogP contribution in [0.4, 0.5) is 5.69 Å². The molecule has 1 aliphatic heterocycles. The highest BCUT2D eigenvalue weighted by Gasteiger charge is 2.38. The zero-order valence-corrected chi connectivity index (χ0v) is 21.7. The van der Waals surface area contributed by atoms with Crippen LogP contribution in [0.25, 0.3) is 6.08 Å². The van der Waals surface area contributed by atoms with E-state index in [2.05, 4.69) is 5.32 Å². The predicted octanol–water partition coefficient (Wildman–Crippen LogP) is 4.61. The molecular weight excluding hydrogens is 480 g/mol. The second kappa shape index (κ2) is 12.1. The van der Waals surface area contributed by atoms with Gasteiger partial charge < -0.3 is 19.7 Å². The number of carbonyl (C=O) groups excluding carboxylic acids is 3. The van der Waals surface area contributed by atoms with E-state index in [9.17, 15) is 14.4 Å². The molecule has 0 fully saturated rings. The van der Waals surface area contributed by atoms with Gasteiger partial charge in [-0.2, -0.15) is 0 Å². The first-order valence-electron chi connectivity index (χ1n) is 12.3. The minimum atomic E-state index is -0.668. The van der Waals surface area contributed by atoms with Gasteiger partial charge in [-0.25, -0.2) is 4.79 Å². The topological polar surface area (TPSA) is 84.9 Å². The Labute approximate surface area is 222 Å². The highest BCUT2D eigenvalue weighted by Crippen LogP contribution is 2.35. The molecule has 1 N–H and O–H groups in total. The van der Waals surface area contributed by atoms with Crippen LogP contribution in [0.2, 0.25) is 0 Å². The summed E-state index contributed by atoms with van der Waals surface area (Å²) in [5.41, 5.74) is 4.61. The molecule has 7 nitrogen and oxygen atoms in total. The molecule has 0 saturated carbocycles. The number of ether oxygens (including phenoxy) is 2. The molecular formula is C31H30N2O5. The van der Waals surface area contributed by atoms with Gasteiger partial charge >= 0.3 is 5.97 Å². The zero-order chi connectivity index (χ0) is 27.1.